The number of rotatable bonds is 7. The summed E-state index contributed by atoms with van der Waals surface area (Å²) in [6.45, 7) is 5.46. The van der Waals surface area contributed by atoms with Gasteiger partial charge < -0.3 is 15.0 Å². The third-order valence-corrected chi connectivity index (χ3v) is 5.87. The number of halogens is 1. The SMILES string of the molecule is CC1COCC(C)N1C(N=CN)c1cc(CCc2ccc(-c3ccccc3)c(F)c2)no1. The van der Waals surface area contributed by atoms with Gasteiger partial charge in [-0.25, -0.2) is 9.38 Å². The van der Waals surface area contributed by atoms with Crippen LogP contribution >= 0.6 is 0 Å². The number of aliphatic imine (C=N–C) groups is 1. The van der Waals surface area contributed by atoms with Gasteiger partial charge in [0.25, 0.3) is 0 Å². The number of aryl methyl sites for hydroxylation is 2. The van der Waals surface area contributed by atoms with Gasteiger partial charge in [0, 0.05) is 23.7 Å². The summed E-state index contributed by atoms with van der Waals surface area (Å²) in [7, 11) is 0. The van der Waals surface area contributed by atoms with E-state index in [1.165, 1.54) is 6.34 Å². The monoisotopic (exact) mass is 436 g/mol. The predicted molar refractivity (Wildman–Crippen MR) is 123 cm³/mol. The smallest absolute Gasteiger partial charge is 0.176 e. The second-order valence-corrected chi connectivity index (χ2v) is 8.26. The number of aromatic nitrogens is 1. The molecule has 6 nitrogen and oxygen atoms in total. The number of hydrogen-bond donors (Lipinski definition) is 1. The van der Waals surface area contributed by atoms with Crippen molar-refractivity contribution in [3.8, 4) is 11.1 Å². The summed E-state index contributed by atoms with van der Waals surface area (Å²) in [5, 5.41) is 4.23. The maximum atomic E-state index is 14.7. The Morgan fingerprint density at radius 3 is 2.56 bits per heavy atom. The summed E-state index contributed by atoms with van der Waals surface area (Å²) in [6.07, 6.45) is 2.25. The zero-order valence-electron chi connectivity index (χ0n) is 18.4. The van der Waals surface area contributed by atoms with E-state index in [4.69, 9.17) is 15.0 Å². The molecule has 4 rings (SSSR count). The van der Waals surface area contributed by atoms with E-state index in [1.807, 2.05) is 48.5 Å². The van der Waals surface area contributed by atoms with Crippen LogP contribution in [0.3, 0.4) is 0 Å². The fourth-order valence-corrected chi connectivity index (χ4v) is 4.28. The molecule has 7 heteroatoms. The molecule has 3 aromatic rings. The third-order valence-electron chi connectivity index (χ3n) is 5.87. The Labute approximate surface area is 187 Å². The van der Waals surface area contributed by atoms with Gasteiger partial charge >= 0.3 is 0 Å². The predicted octanol–water partition coefficient (Wildman–Crippen LogP) is 4.36. The number of hydrogen-bond acceptors (Lipinski definition) is 5. The van der Waals surface area contributed by atoms with Crippen LogP contribution in [0.5, 0.6) is 0 Å². The lowest BCUT2D eigenvalue weighted by atomic mass is 10.0. The number of nitrogens with zero attached hydrogens (tertiary/aromatic N) is 3. The molecule has 1 aliphatic heterocycles. The minimum atomic E-state index is -0.349. The minimum Gasteiger partial charge on any atom is -0.390 e. The molecular weight excluding hydrogens is 407 g/mol. The Hall–Kier alpha value is -3.03. The standard InChI is InChI=1S/C25H29FN4O2/c1-17-14-31-15-18(2)30(17)25(28-16-27)24-13-21(29-32-24)10-8-19-9-11-22(23(26)12-19)20-6-4-3-5-7-20/h3-7,9,11-13,16-18,25H,8,10,14-15H2,1-2H3,(H2,27,28). The van der Waals surface area contributed by atoms with Crippen LogP contribution in [0.15, 0.2) is 64.1 Å². The summed E-state index contributed by atoms with van der Waals surface area (Å²) in [5.41, 5.74) is 8.82. The molecule has 168 valence electrons. The Kier molecular flexibility index (Phi) is 6.97. The van der Waals surface area contributed by atoms with Crippen molar-refractivity contribution in [2.24, 2.45) is 10.7 Å². The molecule has 3 atom stereocenters. The largest absolute Gasteiger partial charge is 0.390 e. The van der Waals surface area contributed by atoms with Crippen LogP contribution < -0.4 is 5.73 Å². The lowest BCUT2D eigenvalue weighted by Crippen LogP contribution is -2.50. The van der Waals surface area contributed by atoms with Gasteiger partial charge in [0.15, 0.2) is 11.9 Å². The second kappa shape index (κ2) is 10.1. The van der Waals surface area contributed by atoms with E-state index in [0.717, 1.165) is 16.8 Å². The van der Waals surface area contributed by atoms with Gasteiger partial charge in [-0.3, -0.25) is 4.90 Å². The summed E-state index contributed by atoms with van der Waals surface area (Å²) in [6, 6.07) is 17.2. The Bertz CT molecular complexity index is 1040. The van der Waals surface area contributed by atoms with E-state index >= 15 is 0 Å². The Morgan fingerprint density at radius 2 is 1.88 bits per heavy atom. The van der Waals surface area contributed by atoms with E-state index in [1.54, 1.807) is 6.07 Å². The van der Waals surface area contributed by atoms with E-state index in [-0.39, 0.29) is 24.1 Å². The molecule has 1 aromatic heterocycles. The van der Waals surface area contributed by atoms with Crippen LogP contribution in [0.1, 0.15) is 37.0 Å². The van der Waals surface area contributed by atoms with E-state index in [0.29, 0.717) is 37.4 Å². The van der Waals surface area contributed by atoms with Gasteiger partial charge in [0.1, 0.15) is 5.82 Å². The van der Waals surface area contributed by atoms with Crippen LogP contribution in [-0.4, -0.2) is 41.7 Å². The number of nitrogens with two attached hydrogens (primary N) is 1. The molecule has 0 radical (unpaired) electrons. The van der Waals surface area contributed by atoms with Crippen LogP contribution in [-0.2, 0) is 17.6 Å². The first-order chi connectivity index (χ1) is 15.6. The fraction of sp³-hybridized carbons (Fsp3) is 0.360. The third kappa shape index (κ3) is 4.89. The van der Waals surface area contributed by atoms with Crippen LogP contribution in [0.25, 0.3) is 11.1 Å². The summed E-state index contributed by atoms with van der Waals surface area (Å²) in [5.74, 6) is 0.426. The van der Waals surface area contributed by atoms with Gasteiger partial charge in [-0.05, 0) is 43.9 Å². The highest BCUT2D eigenvalue weighted by Gasteiger charge is 2.34. The molecule has 0 saturated carbocycles. The first-order valence-electron chi connectivity index (χ1n) is 10.9. The molecule has 2 aromatic carbocycles. The molecule has 0 spiro atoms. The zero-order valence-corrected chi connectivity index (χ0v) is 18.4. The number of ether oxygens (including phenoxy) is 1. The first-order valence-corrected chi connectivity index (χ1v) is 10.9. The number of benzene rings is 2. The van der Waals surface area contributed by atoms with Gasteiger partial charge in [-0.1, -0.05) is 47.6 Å². The lowest BCUT2D eigenvalue weighted by Gasteiger charge is -2.41. The lowest BCUT2D eigenvalue weighted by molar-refractivity contribution is -0.0618. The molecule has 1 saturated heterocycles. The normalized spacial score (nSPS) is 20.6. The minimum absolute atomic E-state index is 0.173. The van der Waals surface area contributed by atoms with E-state index in [9.17, 15) is 4.39 Å². The van der Waals surface area contributed by atoms with Crippen molar-refractivity contribution in [2.45, 2.75) is 44.9 Å². The van der Waals surface area contributed by atoms with E-state index < -0.39 is 0 Å². The summed E-state index contributed by atoms with van der Waals surface area (Å²) < 4.78 is 25.9. The quantitative estimate of drug-likeness (QED) is 0.440. The molecular formula is C25H29FN4O2. The highest BCUT2D eigenvalue weighted by molar-refractivity contribution is 5.64. The maximum absolute atomic E-state index is 14.7. The average molecular weight is 437 g/mol. The average Bonchev–Trinajstić information content (AvgIpc) is 3.26. The van der Waals surface area contributed by atoms with Crippen LogP contribution in [0.4, 0.5) is 4.39 Å². The molecule has 32 heavy (non-hydrogen) atoms. The van der Waals surface area contributed by atoms with Crippen molar-refractivity contribution >= 4 is 6.34 Å². The maximum Gasteiger partial charge on any atom is 0.176 e. The topological polar surface area (TPSA) is 76.9 Å². The highest BCUT2D eigenvalue weighted by Crippen LogP contribution is 2.30. The van der Waals surface area contributed by atoms with E-state index in [2.05, 4.69) is 28.9 Å². The fourth-order valence-electron chi connectivity index (χ4n) is 4.28. The van der Waals surface area contributed by atoms with Crippen molar-refractivity contribution in [3.05, 3.63) is 77.4 Å². The van der Waals surface area contributed by atoms with Gasteiger partial charge in [0.05, 0.1) is 25.2 Å². The van der Waals surface area contributed by atoms with Crippen molar-refractivity contribution in [2.75, 3.05) is 13.2 Å². The molecule has 0 amide bonds. The summed E-state index contributed by atoms with van der Waals surface area (Å²) >= 11 is 0. The number of morpholine rings is 1. The zero-order chi connectivity index (χ0) is 22.5. The van der Waals surface area contributed by atoms with Crippen LogP contribution in [0, 0.1) is 5.82 Å². The van der Waals surface area contributed by atoms with Gasteiger partial charge in [-0.2, -0.15) is 0 Å². The van der Waals surface area contributed by atoms with Crippen molar-refractivity contribution in [1.29, 1.82) is 0 Å². The molecule has 2 N–H and O–H groups in total. The first kappa shape index (κ1) is 22.2. The highest BCUT2D eigenvalue weighted by atomic mass is 19.1. The molecule has 0 aliphatic carbocycles. The molecule has 0 bridgehead atoms. The molecule has 3 unspecified atom stereocenters. The summed E-state index contributed by atoms with van der Waals surface area (Å²) in [4.78, 5) is 6.67. The molecule has 1 aliphatic rings. The second-order valence-electron chi connectivity index (χ2n) is 8.26. The van der Waals surface area contributed by atoms with Gasteiger partial charge in [-0.15, -0.1) is 0 Å². The van der Waals surface area contributed by atoms with Crippen molar-refractivity contribution in [3.63, 3.8) is 0 Å². The van der Waals surface area contributed by atoms with Crippen LogP contribution in [0.2, 0.25) is 0 Å². The Morgan fingerprint density at radius 1 is 1.12 bits per heavy atom. The van der Waals surface area contributed by atoms with Crippen molar-refractivity contribution in [1.82, 2.24) is 10.1 Å². The molecule has 1 fully saturated rings. The van der Waals surface area contributed by atoms with Gasteiger partial charge in [0.2, 0.25) is 0 Å². The molecule has 2 heterocycles. The van der Waals surface area contributed by atoms with Crippen molar-refractivity contribution < 1.29 is 13.7 Å². The Balaban J connectivity index is 1.45.